The van der Waals surface area contributed by atoms with Gasteiger partial charge in [0.1, 0.15) is 18.2 Å². The van der Waals surface area contributed by atoms with Gasteiger partial charge in [-0.15, -0.1) is 0 Å². The Bertz CT molecular complexity index is 586. The first kappa shape index (κ1) is 14.8. The van der Waals surface area contributed by atoms with Gasteiger partial charge >= 0.3 is 0 Å². The highest BCUT2D eigenvalue weighted by atomic mass is 35.5. The number of hydrogen-bond acceptors (Lipinski definition) is 2. The SMILES string of the molecule is CC(N)Cc1ccc(OCc2cccc(F)c2)c(Cl)c1. The van der Waals surface area contributed by atoms with E-state index in [2.05, 4.69) is 0 Å². The van der Waals surface area contributed by atoms with E-state index in [1.54, 1.807) is 12.1 Å². The molecule has 2 aromatic rings. The molecular weight excluding hydrogens is 277 g/mol. The van der Waals surface area contributed by atoms with Gasteiger partial charge in [-0.1, -0.05) is 29.8 Å². The minimum absolute atomic E-state index is 0.0881. The molecule has 106 valence electrons. The van der Waals surface area contributed by atoms with E-state index < -0.39 is 0 Å². The maximum absolute atomic E-state index is 13.1. The Labute approximate surface area is 123 Å². The minimum atomic E-state index is -0.274. The second-order valence-corrected chi connectivity index (χ2v) is 5.27. The molecule has 0 fully saturated rings. The molecule has 4 heteroatoms. The number of ether oxygens (including phenoxy) is 1. The molecule has 0 spiro atoms. The Balaban J connectivity index is 2.03. The van der Waals surface area contributed by atoms with Crippen molar-refractivity contribution in [2.24, 2.45) is 5.73 Å². The van der Waals surface area contributed by atoms with Crippen molar-refractivity contribution in [3.05, 3.63) is 64.4 Å². The third-order valence-corrected chi connectivity index (χ3v) is 3.13. The highest BCUT2D eigenvalue weighted by Gasteiger charge is 2.05. The first-order valence-electron chi connectivity index (χ1n) is 6.46. The van der Waals surface area contributed by atoms with Crippen LogP contribution in [0.3, 0.4) is 0 Å². The number of benzene rings is 2. The molecule has 0 aromatic heterocycles. The zero-order chi connectivity index (χ0) is 14.5. The molecule has 2 N–H and O–H groups in total. The van der Waals surface area contributed by atoms with E-state index in [1.807, 2.05) is 25.1 Å². The molecule has 20 heavy (non-hydrogen) atoms. The molecule has 0 heterocycles. The van der Waals surface area contributed by atoms with Crippen LogP contribution < -0.4 is 10.5 Å². The van der Waals surface area contributed by atoms with E-state index in [-0.39, 0.29) is 18.5 Å². The van der Waals surface area contributed by atoms with Crippen molar-refractivity contribution >= 4 is 11.6 Å². The van der Waals surface area contributed by atoms with Crippen molar-refractivity contribution < 1.29 is 9.13 Å². The predicted octanol–water partition coefficient (Wildman–Crippen LogP) is 3.95. The molecule has 0 bridgehead atoms. The van der Waals surface area contributed by atoms with Gasteiger partial charge < -0.3 is 10.5 Å². The molecule has 0 aliphatic carbocycles. The minimum Gasteiger partial charge on any atom is -0.487 e. The highest BCUT2D eigenvalue weighted by Crippen LogP contribution is 2.26. The van der Waals surface area contributed by atoms with E-state index in [9.17, 15) is 4.39 Å². The third-order valence-electron chi connectivity index (χ3n) is 2.84. The lowest BCUT2D eigenvalue weighted by Crippen LogP contribution is -2.17. The first-order valence-corrected chi connectivity index (χ1v) is 6.83. The smallest absolute Gasteiger partial charge is 0.138 e. The van der Waals surface area contributed by atoms with Crippen LogP contribution in [0, 0.1) is 5.82 Å². The molecule has 1 atom stereocenters. The van der Waals surface area contributed by atoms with E-state index in [0.29, 0.717) is 10.8 Å². The van der Waals surface area contributed by atoms with E-state index >= 15 is 0 Å². The lowest BCUT2D eigenvalue weighted by Gasteiger charge is -2.11. The summed E-state index contributed by atoms with van der Waals surface area (Å²) >= 11 is 6.17. The van der Waals surface area contributed by atoms with Gasteiger partial charge in [0, 0.05) is 6.04 Å². The lowest BCUT2D eigenvalue weighted by molar-refractivity contribution is 0.305. The molecule has 0 aliphatic rings. The fourth-order valence-corrected chi connectivity index (χ4v) is 2.21. The molecular formula is C16H17ClFNO. The van der Waals surface area contributed by atoms with Crippen molar-refractivity contribution in [3.63, 3.8) is 0 Å². The summed E-state index contributed by atoms with van der Waals surface area (Å²) in [5.74, 6) is 0.314. The molecule has 0 radical (unpaired) electrons. The molecule has 2 aromatic carbocycles. The van der Waals surface area contributed by atoms with Crippen molar-refractivity contribution in [3.8, 4) is 5.75 Å². The van der Waals surface area contributed by atoms with Crippen molar-refractivity contribution in [1.82, 2.24) is 0 Å². The van der Waals surface area contributed by atoms with Crippen LogP contribution in [0.2, 0.25) is 5.02 Å². The van der Waals surface area contributed by atoms with Crippen molar-refractivity contribution in [1.29, 1.82) is 0 Å². The third kappa shape index (κ3) is 4.22. The normalized spacial score (nSPS) is 12.2. The quantitative estimate of drug-likeness (QED) is 0.906. The maximum atomic E-state index is 13.1. The van der Waals surface area contributed by atoms with Gasteiger partial charge in [-0.05, 0) is 48.7 Å². The first-order chi connectivity index (χ1) is 9.54. The van der Waals surface area contributed by atoms with Crippen LogP contribution in [0.1, 0.15) is 18.1 Å². The van der Waals surface area contributed by atoms with Crippen LogP contribution in [0.4, 0.5) is 4.39 Å². The number of hydrogen-bond donors (Lipinski definition) is 1. The topological polar surface area (TPSA) is 35.2 Å². The van der Waals surface area contributed by atoms with Crippen LogP contribution in [0.5, 0.6) is 5.75 Å². The molecule has 1 unspecified atom stereocenters. The fraction of sp³-hybridized carbons (Fsp3) is 0.250. The van der Waals surface area contributed by atoms with Crippen LogP contribution >= 0.6 is 11.6 Å². The Kier molecular flexibility index (Phi) is 4.99. The Morgan fingerprint density at radius 3 is 2.65 bits per heavy atom. The van der Waals surface area contributed by atoms with Gasteiger partial charge in [0.25, 0.3) is 0 Å². The summed E-state index contributed by atoms with van der Waals surface area (Å²) in [7, 11) is 0. The summed E-state index contributed by atoms with van der Waals surface area (Å²) < 4.78 is 18.7. The van der Waals surface area contributed by atoms with E-state index in [0.717, 1.165) is 17.5 Å². The van der Waals surface area contributed by atoms with Crippen molar-refractivity contribution in [2.45, 2.75) is 26.0 Å². The molecule has 0 aliphatic heterocycles. The lowest BCUT2D eigenvalue weighted by atomic mass is 10.1. The molecule has 0 amide bonds. The van der Waals surface area contributed by atoms with Crippen LogP contribution in [-0.4, -0.2) is 6.04 Å². The molecule has 0 saturated carbocycles. The summed E-state index contributed by atoms with van der Waals surface area (Å²) in [5.41, 5.74) is 7.59. The number of halogens is 2. The Morgan fingerprint density at radius 2 is 2.00 bits per heavy atom. The monoisotopic (exact) mass is 293 g/mol. The second kappa shape index (κ2) is 6.73. The Morgan fingerprint density at radius 1 is 1.20 bits per heavy atom. The summed E-state index contributed by atoms with van der Waals surface area (Å²) in [6.07, 6.45) is 0.768. The van der Waals surface area contributed by atoms with Crippen LogP contribution in [-0.2, 0) is 13.0 Å². The van der Waals surface area contributed by atoms with Gasteiger partial charge in [-0.2, -0.15) is 0 Å². The average molecular weight is 294 g/mol. The Hall–Kier alpha value is -1.58. The van der Waals surface area contributed by atoms with Crippen LogP contribution in [0.15, 0.2) is 42.5 Å². The average Bonchev–Trinajstić information content (AvgIpc) is 2.37. The largest absolute Gasteiger partial charge is 0.487 e. The zero-order valence-corrected chi connectivity index (χ0v) is 12.0. The van der Waals surface area contributed by atoms with Crippen molar-refractivity contribution in [2.75, 3.05) is 0 Å². The summed E-state index contributed by atoms with van der Waals surface area (Å²) in [6, 6.07) is 12.0. The zero-order valence-electron chi connectivity index (χ0n) is 11.3. The summed E-state index contributed by atoms with van der Waals surface area (Å²) in [6.45, 7) is 2.23. The predicted molar refractivity (Wildman–Crippen MR) is 79.5 cm³/mol. The summed E-state index contributed by atoms with van der Waals surface area (Å²) in [5, 5.41) is 0.541. The molecule has 2 nitrogen and oxygen atoms in total. The standard InChI is InChI=1S/C16H17ClFNO/c1-11(19)7-12-5-6-16(15(17)9-12)20-10-13-3-2-4-14(18)8-13/h2-6,8-9,11H,7,10,19H2,1H3. The van der Waals surface area contributed by atoms with Gasteiger partial charge in [0.2, 0.25) is 0 Å². The van der Waals surface area contributed by atoms with Gasteiger partial charge in [-0.25, -0.2) is 4.39 Å². The number of nitrogens with two attached hydrogens (primary N) is 1. The highest BCUT2D eigenvalue weighted by molar-refractivity contribution is 6.32. The van der Waals surface area contributed by atoms with Crippen LogP contribution in [0.25, 0.3) is 0 Å². The van der Waals surface area contributed by atoms with Gasteiger partial charge in [0.05, 0.1) is 5.02 Å². The fourth-order valence-electron chi connectivity index (χ4n) is 1.95. The van der Waals surface area contributed by atoms with Gasteiger partial charge in [0.15, 0.2) is 0 Å². The maximum Gasteiger partial charge on any atom is 0.138 e. The molecule has 0 saturated heterocycles. The van der Waals surface area contributed by atoms with Gasteiger partial charge in [-0.3, -0.25) is 0 Å². The van der Waals surface area contributed by atoms with E-state index in [4.69, 9.17) is 22.1 Å². The summed E-state index contributed by atoms with van der Waals surface area (Å²) in [4.78, 5) is 0. The molecule has 2 rings (SSSR count). The van der Waals surface area contributed by atoms with E-state index in [1.165, 1.54) is 12.1 Å². The number of rotatable bonds is 5. The second-order valence-electron chi connectivity index (χ2n) is 4.86.